The third-order valence-electron chi connectivity index (χ3n) is 3.52. The number of hydrogen-bond donors (Lipinski definition) is 1. The summed E-state index contributed by atoms with van der Waals surface area (Å²) in [6.07, 6.45) is 2.01. The SMILES string of the molecule is CCc1ccc(C(=O)N2CCC(C)C(N)C2)s1. The summed E-state index contributed by atoms with van der Waals surface area (Å²) in [5, 5.41) is 0. The molecule has 0 radical (unpaired) electrons. The monoisotopic (exact) mass is 252 g/mol. The lowest BCUT2D eigenvalue weighted by atomic mass is 9.94. The number of hydrogen-bond acceptors (Lipinski definition) is 3. The van der Waals surface area contributed by atoms with Crippen molar-refractivity contribution in [1.29, 1.82) is 0 Å². The van der Waals surface area contributed by atoms with E-state index in [4.69, 9.17) is 5.73 Å². The summed E-state index contributed by atoms with van der Waals surface area (Å²) in [6.45, 7) is 5.80. The summed E-state index contributed by atoms with van der Waals surface area (Å²) < 4.78 is 0. The van der Waals surface area contributed by atoms with Gasteiger partial charge in [-0.2, -0.15) is 0 Å². The predicted molar refractivity (Wildman–Crippen MR) is 71.4 cm³/mol. The number of thiophene rings is 1. The molecule has 3 nitrogen and oxygen atoms in total. The quantitative estimate of drug-likeness (QED) is 0.876. The van der Waals surface area contributed by atoms with Crippen molar-refractivity contribution in [3.63, 3.8) is 0 Å². The maximum absolute atomic E-state index is 12.3. The van der Waals surface area contributed by atoms with Crippen molar-refractivity contribution in [3.05, 3.63) is 21.9 Å². The molecule has 94 valence electrons. The fraction of sp³-hybridized carbons (Fsp3) is 0.615. The Hall–Kier alpha value is -0.870. The Morgan fingerprint density at radius 2 is 2.35 bits per heavy atom. The molecule has 1 aromatic rings. The minimum Gasteiger partial charge on any atom is -0.336 e. The molecule has 0 bridgehead atoms. The van der Waals surface area contributed by atoms with Crippen molar-refractivity contribution < 1.29 is 4.79 Å². The van der Waals surface area contributed by atoms with E-state index in [1.807, 2.05) is 17.0 Å². The molecule has 0 spiro atoms. The summed E-state index contributed by atoms with van der Waals surface area (Å²) >= 11 is 1.60. The molecular weight excluding hydrogens is 232 g/mol. The van der Waals surface area contributed by atoms with Crippen LogP contribution in [0.3, 0.4) is 0 Å². The lowest BCUT2D eigenvalue weighted by molar-refractivity contribution is 0.0677. The minimum absolute atomic E-state index is 0.123. The van der Waals surface area contributed by atoms with Crippen LogP contribution in [0.1, 0.15) is 34.8 Å². The number of aryl methyl sites for hydroxylation is 1. The van der Waals surface area contributed by atoms with Crippen LogP contribution >= 0.6 is 11.3 Å². The van der Waals surface area contributed by atoms with Gasteiger partial charge in [0.05, 0.1) is 4.88 Å². The first-order valence-electron chi connectivity index (χ1n) is 6.25. The molecule has 2 rings (SSSR count). The average Bonchev–Trinajstić information content (AvgIpc) is 2.80. The fourth-order valence-corrected chi connectivity index (χ4v) is 3.04. The van der Waals surface area contributed by atoms with Gasteiger partial charge in [0.2, 0.25) is 0 Å². The van der Waals surface area contributed by atoms with Gasteiger partial charge in [-0.15, -0.1) is 11.3 Å². The second-order valence-corrected chi connectivity index (χ2v) is 5.97. The third-order valence-corrected chi connectivity index (χ3v) is 4.74. The van der Waals surface area contributed by atoms with Gasteiger partial charge in [0.15, 0.2) is 0 Å². The number of rotatable bonds is 2. The second-order valence-electron chi connectivity index (χ2n) is 4.80. The van der Waals surface area contributed by atoms with Gasteiger partial charge >= 0.3 is 0 Å². The number of likely N-dealkylation sites (tertiary alicyclic amines) is 1. The number of carbonyl (C=O) groups is 1. The van der Waals surface area contributed by atoms with Gasteiger partial charge < -0.3 is 10.6 Å². The number of nitrogens with zero attached hydrogens (tertiary/aromatic N) is 1. The zero-order chi connectivity index (χ0) is 12.4. The van der Waals surface area contributed by atoms with Gasteiger partial charge in [-0.1, -0.05) is 13.8 Å². The van der Waals surface area contributed by atoms with E-state index in [-0.39, 0.29) is 11.9 Å². The van der Waals surface area contributed by atoms with Crippen LogP contribution in [0.2, 0.25) is 0 Å². The van der Waals surface area contributed by atoms with E-state index < -0.39 is 0 Å². The Balaban J connectivity index is 2.05. The minimum atomic E-state index is 0.123. The first-order valence-corrected chi connectivity index (χ1v) is 7.07. The van der Waals surface area contributed by atoms with E-state index in [9.17, 15) is 4.79 Å². The largest absolute Gasteiger partial charge is 0.336 e. The smallest absolute Gasteiger partial charge is 0.263 e. The van der Waals surface area contributed by atoms with Crippen molar-refractivity contribution in [2.75, 3.05) is 13.1 Å². The molecule has 1 saturated heterocycles. The van der Waals surface area contributed by atoms with E-state index in [1.54, 1.807) is 11.3 Å². The van der Waals surface area contributed by atoms with Crippen molar-refractivity contribution in [3.8, 4) is 0 Å². The van der Waals surface area contributed by atoms with Crippen molar-refractivity contribution in [1.82, 2.24) is 4.90 Å². The first-order chi connectivity index (χ1) is 8.11. The van der Waals surface area contributed by atoms with Gasteiger partial charge in [-0.05, 0) is 30.9 Å². The maximum Gasteiger partial charge on any atom is 0.263 e. The van der Waals surface area contributed by atoms with Crippen LogP contribution in [-0.4, -0.2) is 29.9 Å². The van der Waals surface area contributed by atoms with Gasteiger partial charge in [0.1, 0.15) is 0 Å². The molecule has 2 atom stereocenters. The maximum atomic E-state index is 12.3. The molecule has 2 heterocycles. The number of nitrogens with two attached hydrogens (primary N) is 1. The highest BCUT2D eigenvalue weighted by Gasteiger charge is 2.27. The van der Waals surface area contributed by atoms with E-state index in [0.29, 0.717) is 12.5 Å². The van der Waals surface area contributed by atoms with Crippen LogP contribution in [0.15, 0.2) is 12.1 Å². The van der Waals surface area contributed by atoms with Crippen LogP contribution in [0.5, 0.6) is 0 Å². The lowest BCUT2D eigenvalue weighted by Gasteiger charge is -2.34. The van der Waals surface area contributed by atoms with Crippen LogP contribution in [0.4, 0.5) is 0 Å². The van der Waals surface area contributed by atoms with Crippen LogP contribution in [-0.2, 0) is 6.42 Å². The lowest BCUT2D eigenvalue weighted by Crippen LogP contribution is -2.49. The molecule has 0 aromatic carbocycles. The van der Waals surface area contributed by atoms with E-state index in [2.05, 4.69) is 13.8 Å². The Morgan fingerprint density at radius 1 is 1.59 bits per heavy atom. The molecule has 1 aliphatic heterocycles. The normalized spacial score (nSPS) is 25.0. The number of piperidine rings is 1. The highest BCUT2D eigenvalue weighted by atomic mass is 32.1. The topological polar surface area (TPSA) is 46.3 Å². The molecule has 2 N–H and O–H groups in total. The van der Waals surface area contributed by atoms with Gasteiger partial charge in [-0.3, -0.25) is 4.79 Å². The van der Waals surface area contributed by atoms with Crippen LogP contribution in [0.25, 0.3) is 0 Å². The zero-order valence-corrected chi connectivity index (χ0v) is 11.3. The summed E-state index contributed by atoms with van der Waals surface area (Å²) in [6, 6.07) is 4.11. The molecule has 1 amide bonds. The summed E-state index contributed by atoms with van der Waals surface area (Å²) in [5.74, 6) is 0.672. The van der Waals surface area contributed by atoms with E-state index in [0.717, 1.165) is 24.3 Å². The van der Waals surface area contributed by atoms with E-state index >= 15 is 0 Å². The second kappa shape index (κ2) is 5.19. The Kier molecular flexibility index (Phi) is 3.84. The molecule has 0 aliphatic carbocycles. The van der Waals surface area contributed by atoms with Gasteiger partial charge in [-0.25, -0.2) is 0 Å². The van der Waals surface area contributed by atoms with Crippen LogP contribution in [0, 0.1) is 5.92 Å². The number of carbonyl (C=O) groups excluding carboxylic acids is 1. The summed E-state index contributed by atoms with van der Waals surface area (Å²) in [4.78, 5) is 16.3. The predicted octanol–water partition coefficient (Wildman–Crippen LogP) is 2.12. The highest BCUT2D eigenvalue weighted by Crippen LogP contribution is 2.22. The third kappa shape index (κ3) is 2.69. The molecule has 1 aromatic heterocycles. The Labute approximate surface area is 107 Å². The van der Waals surface area contributed by atoms with Crippen molar-refractivity contribution in [2.45, 2.75) is 32.7 Å². The first kappa shape index (κ1) is 12.6. The molecule has 1 aliphatic rings. The van der Waals surface area contributed by atoms with Crippen molar-refractivity contribution in [2.24, 2.45) is 11.7 Å². The Morgan fingerprint density at radius 3 is 2.94 bits per heavy atom. The zero-order valence-electron chi connectivity index (χ0n) is 10.5. The summed E-state index contributed by atoms with van der Waals surface area (Å²) in [7, 11) is 0. The molecule has 2 unspecified atom stereocenters. The molecular formula is C13H20N2OS. The Bertz CT molecular complexity index is 402. The summed E-state index contributed by atoms with van der Waals surface area (Å²) in [5.41, 5.74) is 6.03. The molecule has 4 heteroatoms. The van der Waals surface area contributed by atoms with E-state index in [1.165, 1.54) is 4.88 Å². The van der Waals surface area contributed by atoms with Gasteiger partial charge in [0.25, 0.3) is 5.91 Å². The van der Waals surface area contributed by atoms with Crippen molar-refractivity contribution >= 4 is 17.2 Å². The molecule has 17 heavy (non-hydrogen) atoms. The molecule has 0 saturated carbocycles. The van der Waals surface area contributed by atoms with Gasteiger partial charge in [0, 0.05) is 24.0 Å². The average molecular weight is 252 g/mol. The highest BCUT2D eigenvalue weighted by molar-refractivity contribution is 7.14. The molecule has 1 fully saturated rings. The van der Waals surface area contributed by atoms with Crippen LogP contribution < -0.4 is 5.73 Å². The standard InChI is InChI=1S/C13H20N2OS/c1-3-10-4-5-12(17-10)13(16)15-7-6-9(2)11(14)8-15/h4-5,9,11H,3,6-8,14H2,1-2H3. The number of amides is 1. The fourth-order valence-electron chi connectivity index (χ4n) is 2.12.